The molecule has 1 fully saturated rings. The molecule has 0 spiro atoms. The number of hydrogen-bond acceptors (Lipinski definition) is 5. The fourth-order valence-electron chi connectivity index (χ4n) is 1.57. The lowest BCUT2D eigenvalue weighted by Gasteiger charge is -2.24. The molecule has 0 bridgehead atoms. The van der Waals surface area contributed by atoms with Crippen LogP contribution >= 0.6 is 0 Å². The Morgan fingerprint density at radius 3 is 2.33 bits per heavy atom. The number of phenolic OH excluding ortho intramolecular Hbond substituents is 1. The maximum Gasteiger partial charge on any atom is 0.244 e. The molecule has 0 atom stereocenters. The van der Waals surface area contributed by atoms with Crippen LogP contribution in [0.25, 0.3) is 0 Å². The molecule has 1 saturated heterocycles. The van der Waals surface area contributed by atoms with Gasteiger partial charge in [0, 0.05) is 0 Å². The Kier molecular flexibility index (Phi) is 3.05. The van der Waals surface area contributed by atoms with Crippen molar-refractivity contribution in [3.63, 3.8) is 0 Å². The maximum absolute atomic E-state index is 12.1. The van der Waals surface area contributed by atoms with Crippen LogP contribution in [0, 0.1) is 0 Å². The Balaban J connectivity index is 2.37. The largest absolute Gasteiger partial charge is 0.508 e. The molecule has 0 aromatic heterocycles. The Labute approximate surface area is 103 Å². The van der Waals surface area contributed by atoms with Crippen LogP contribution in [0.4, 0.5) is 0 Å². The second-order valence-corrected chi connectivity index (χ2v) is 5.68. The molecule has 0 saturated carbocycles. The van der Waals surface area contributed by atoms with E-state index in [9.17, 15) is 23.1 Å². The summed E-state index contributed by atoms with van der Waals surface area (Å²) in [5.41, 5.74) is 0. The van der Waals surface area contributed by atoms with Gasteiger partial charge in [0.15, 0.2) is 0 Å². The summed E-state index contributed by atoms with van der Waals surface area (Å²) in [5.74, 6) is -1.55. The summed E-state index contributed by atoms with van der Waals surface area (Å²) in [6.45, 7) is -0.826. The zero-order valence-corrected chi connectivity index (χ0v) is 9.98. The summed E-state index contributed by atoms with van der Waals surface area (Å²) in [5, 5.41) is 11.3. The number of nitrogens with one attached hydrogen (secondary N) is 1. The minimum absolute atomic E-state index is 0.162. The van der Waals surface area contributed by atoms with Crippen molar-refractivity contribution in [2.45, 2.75) is 4.90 Å². The molecular weight excluding hydrogens is 260 g/mol. The Morgan fingerprint density at radius 1 is 1.17 bits per heavy atom. The third kappa shape index (κ3) is 2.34. The number of phenols is 1. The molecular formula is C10H10N2O5S. The lowest BCUT2D eigenvalue weighted by molar-refractivity contribution is -0.134. The van der Waals surface area contributed by atoms with E-state index >= 15 is 0 Å². The number of rotatable bonds is 2. The molecule has 1 aliphatic heterocycles. The van der Waals surface area contributed by atoms with Gasteiger partial charge in [-0.05, 0) is 18.2 Å². The predicted molar refractivity (Wildman–Crippen MR) is 60.0 cm³/mol. The van der Waals surface area contributed by atoms with Crippen molar-refractivity contribution in [2.75, 3.05) is 13.1 Å². The fraction of sp³-hybridized carbons (Fsp3) is 0.200. The van der Waals surface area contributed by atoms with Crippen LogP contribution < -0.4 is 5.32 Å². The highest BCUT2D eigenvalue weighted by atomic mass is 32.2. The van der Waals surface area contributed by atoms with Gasteiger partial charge in [-0.3, -0.25) is 14.9 Å². The van der Waals surface area contributed by atoms with E-state index in [0.717, 1.165) is 10.4 Å². The average Bonchev–Trinajstić information content (AvgIpc) is 2.27. The van der Waals surface area contributed by atoms with Gasteiger partial charge in [0.25, 0.3) is 0 Å². The van der Waals surface area contributed by atoms with Gasteiger partial charge < -0.3 is 5.11 Å². The third-order valence-corrected chi connectivity index (χ3v) is 4.16. The highest BCUT2D eigenvalue weighted by Crippen LogP contribution is 2.20. The number of amides is 2. The fourth-order valence-corrected chi connectivity index (χ4v) is 2.97. The summed E-state index contributed by atoms with van der Waals surface area (Å²) in [6.07, 6.45) is 0. The Bertz CT molecular complexity index is 594. The summed E-state index contributed by atoms with van der Waals surface area (Å²) in [6, 6.07) is 5.04. The van der Waals surface area contributed by atoms with Gasteiger partial charge in [0.2, 0.25) is 21.8 Å². The lowest BCUT2D eigenvalue weighted by atomic mass is 10.3. The number of carbonyl (C=O) groups is 2. The van der Waals surface area contributed by atoms with Crippen LogP contribution in [0.5, 0.6) is 5.75 Å². The smallest absolute Gasteiger partial charge is 0.244 e. The first kappa shape index (κ1) is 12.5. The molecule has 0 unspecified atom stereocenters. The molecule has 2 N–H and O–H groups in total. The van der Waals surface area contributed by atoms with Crippen molar-refractivity contribution in [1.82, 2.24) is 9.62 Å². The average molecular weight is 270 g/mol. The SMILES string of the molecule is O=C1CN(S(=O)(=O)c2cccc(O)c2)CC(=O)N1. The zero-order chi connectivity index (χ0) is 13.3. The van der Waals surface area contributed by atoms with Gasteiger partial charge in [-0.15, -0.1) is 0 Å². The summed E-state index contributed by atoms with van der Waals surface area (Å²) in [7, 11) is -3.96. The summed E-state index contributed by atoms with van der Waals surface area (Å²) < 4.78 is 25.0. The van der Waals surface area contributed by atoms with Gasteiger partial charge in [0.1, 0.15) is 5.75 Å². The third-order valence-electron chi connectivity index (χ3n) is 2.37. The van der Waals surface area contributed by atoms with Crippen LogP contribution in [0.15, 0.2) is 29.2 Å². The Morgan fingerprint density at radius 2 is 1.78 bits per heavy atom. The second kappa shape index (κ2) is 4.39. The van der Waals surface area contributed by atoms with Crippen LogP contribution in [0.1, 0.15) is 0 Å². The Hall–Kier alpha value is -1.93. The second-order valence-electron chi connectivity index (χ2n) is 3.74. The van der Waals surface area contributed by atoms with Crippen LogP contribution in [-0.2, 0) is 19.6 Å². The van der Waals surface area contributed by atoms with Crippen LogP contribution in [0.3, 0.4) is 0 Å². The highest BCUT2D eigenvalue weighted by Gasteiger charge is 2.32. The first-order valence-electron chi connectivity index (χ1n) is 5.01. The summed E-state index contributed by atoms with van der Waals surface area (Å²) in [4.78, 5) is 22.1. The number of benzene rings is 1. The van der Waals surface area contributed by atoms with Crippen molar-refractivity contribution in [1.29, 1.82) is 0 Å². The first-order chi connectivity index (χ1) is 8.39. The van der Waals surface area contributed by atoms with E-state index in [1.54, 1.807) is 0 Å². The van der Waals surface area contributed by atoms with Gasteiger partial charge in [-0.2, -0.15) is 4.31 Å². The topological polar surface area (TPSA) is 104 Å². The molecule has 2 amide bonds. The molecule has 1 aromatic rings. The van der Waals surface area contributed by atoms with Gasteiger partial charge in [-0.1, -0.05) is 6.07 Å². The number of piperazine rings is 1. The van der Waals surface area contributed by atoms with Gasteiger partial charge in [-0.25, -0.2) is 8.42 Å². The molecule has 0 radical (unpaired) electrons. The molecule has 1 aromatic carbocycles. The first-order valence-corrected chi connectivity index (χ1v) is 6.45. The number of hydrogen-bond donors (Lipinski definition) is 2. The van der Waals surface area contributed by atoms with Gasteiger partial charge >= 0.3 is 0 Å². The minimum atomic E-state index is -3.96. The van der Waals surface area contributed by atoms with E-state index in [0.29, 0.717) is 0 Å². The number of sulfonamides is 1. The monoisotopic (exact) mass is 270 g/mol. The molecule has 8 heteroatoms. The number of imide groups is 1. The van der Waals surface area contributed by atoms with E-state index in [2.05, 4.69) is 0 Å². The van der Waals surface area contributed by atoms with Crippen LogP contribution in [-0.4, -0.2) is 42.7 Å². The predicted octanol–water partition coefficient (Wildman–Crippen LogP) is -0.961. The van der Waals surface area contributed by atoms with Crippen molar-refractivity contribution in [2.24, 2.45) is 0 Å². The highest BCUT2D eigenvalue weighted by molar-refractivity contribution is 7.89. The summed E-state index contributed by atoms with van der Waals surface area (Å²) >= 11 is 0. The van der Waals surface area contributed by atoms with E-state index in [1.807, 2.05) is 5.32 Å². The van der Waals surface area contributed by atoms with E-state index in [4.69, 9.17) is 0 Å². The quantitative estimate of drug-likeness (QED) is 0.674. The van der Waals surface area contributed by atoms with E-state index in [-0.39, 0.29) is 10.6 Å². The zero-order valence-electron chi connectivity index (χ0n) is 9.16. The molecule has 2 rings (SSSR count). The number of nitrogens with zero attached hydrogens (tertiary/aromatic N) is 1. The molecule has 1 heterocycles. The van der Waals surface area contributed by atoms with Crippen molar-refractivity contribution in [3.8, 4) is 5.75 Å². The normalized spacial score (nSPS) is 17.6. The minimum Gasteiger partial charge on any atom is -0.508 e. The van der Waals surface area contributed by atoms with E-state index < -0.39 is 34.9 Å². The molecule has 18 heavy (non-hydrogen) atoms. The van der Waals surface area contributed by atoms with Gasteiger partial charge in [0.05, 0.1) is 18.0 Å². The van der Waals surface area contributed by atoms with Crippen molar-refractivity contribution in [3.05, 3.63) is 24.3 Å². The van der Waals surface area contributed by atoms with Crippen molar-refractivity contribution < 1.29 is 23.1 Å². The van der Waals surface area contributed by atoms with E-state index in [1.165, 1.54) is 18.2 Å². The molecule has 96 valence electrons. The molecule has 7 nitrogen and oxygen atoms in total. The number of carbonyl (C=O) groups excluding carboxylic acids is 2. The maximum atomic E-state index is 12.1. The standard InChI is InChI=1S/C10H10N2O5S/c13-7-2-1-3-8(4-7)18(16,17)12-5-9(14)11-10(15)6-12/h1-4,13H,5-6H2,(H,11,14,15). The number of aromatic hydroxyl groups is 1. The van der Waals surface area contributed by atoms with Crippen LogP contribution in [0.2, 0.25) is 0 Å². The lowest BCUT2D eigenvalue weighted by Crippen LogP contribution is -2.53. The molecule has 0 aliphatic carbocycles. The van der Waals surface area contributed by atoms with Crippen molar-refractivity contribution >= 4 is 21.8 Å². The molecule has 1 aliphatic rings.